The lowest BCUT2D eigenvalue weighted by Crippen LogP contribution is -2.76. The third-order valence-corrected chi connectivity index (χ3v) is 24.9. The van der Waals surface area contributed by atoms with Crippen LogP contribution in [0, 0.1) is 0 Å². The van der Waals surface area contributed by atoms with E-state index in [-0.39, 0.29) is 0 Å². The lowest BCUT2D eigenvalue weighted by atomic mass is 10.1. The Balaban J connectivity index is 0.846. The normalized spacial score (nSPS) is 12.9. The summed E-state index contributed by atoms with van der Waals surface area (Å²) in [4.78, 5) is 33.7. The second-order valence-electron chi connectivity index (χ2n) is 25.0. The summed E-state index contributed by atoms with van der Waals surface area (Å²) in [7, 11) is -3.54. The highest BCUT2D eigenvalue weighted by Gasteiger charge is 2.48. The third-order valence-electron chi connectivity index (χ3n) is 20.1. The minimum absolute atomic E-state index is 0.523. The smallest absolute Gasteiger partial charge is 0.240 e. The van der Waals surface area contributed by atoms with Crippen molar-refractivity contribution in [2.24, 2.45) is 0 Å². The molecule has 0 spiro atoms. The molecule has 21 rings (SSSR count). The van der Waals surface area contributed by atoms with Crippen LogP contribution in [0.4, 0.5) is 0 Å². The average Bonchev–Trinajstić information content (AvgIpc) is 1.45. The van der Waals surface area contributed by atoms with Crippen molar-refractivity contribution in [3.05, 3.63) is 309 Å². The average molecular weight is 1240 g/mol. The fourth-order valence-electron chi connectivity index (χ4n) is 16.2. The summed E-state index contributed by atoms with van der Waals surface area (Å²) in [5, 5.41) is 16.2. The van der Waals surface area contributed by atoms with Crippen LogP contribution in [0.2, 0.25) is 0 Å². The van der Waals surface area contributed by atoms with Gasteiger partial charge in [-0.05, 0) is 81.4 Å². The molecule has 0 bridgehead atoms. The SMILES string of the molecule is c1cc(-c2nc(-n3c4ccccc4c4ccccc43)nc(-n3c4ccccc4c4ccccc43)n2)cc([Si]2(c3cccc(-c4nc(-n5c6ccccc6c6ccccc65)nc(-n5c6ccccc6c6ccccc65)n4)c3)c3ccccc3-n3c4ccccc4c4cccc2c43)c1. The fraction of sp³-hybridized carbons (Fsp3) is 0. The number of para-hydroxylation sites is 11. The molecule has 0 radical (unpaired) electrons. The summed E-state index contributed by atoms with van der Waals surface area (Å²) < 4.78 is 11.3. The van der Waals surface area contributed by atoms with Crippen LogP contribution >= 0.6 is 0 Å². The van der Waals surface area contributed by atoms with Gasteiger partial charge < -0.3 is 4.57 Å². The predicted molar refractivity (Wildman–Crippen MR) is 393 cm³/mol. The molecule has 0 amide bonds. The number of fused-ring (bicyclic) bond motifs is 17. The van der Waals surface area contributed by atoms with E-state index in [2.05, 4.69) is 332 Å². The van der Waals surface area contributed by atoms with Gasteiger partial charge in [0.15, 0.2) is 19.7 Å². The summed E-state index contributed by atoms with van der Waals surface area (Å²) in [6, 6.07) is 111. The van der Waals surface area contributed by atoms with E-state index in [4.69, 9.17) is 29.9 Å². The second kappa shape index (κ2) is 20.1. The van der Waals surface area contributed by atoms with Gasteiger partial charge in [0.25, 0.3) is 0 Å². The number of hydrogen-bond acceptors (Lipinski definition) is 6. The molecule has 7 aromatic heterocycles. The maximum absolute atomic E-state index is 5.65. The molecular weight excluding hydrogens is 1190 g/mol. The van der Waals surface area contributed by atoms with Gasteiger partial charge in [-0.3, -0.25) is 18.3 Å². The van der Waals surface area contributed by atoms with Gasteiger partial charge >= 0.3 is 0 Å². The van der Waals surface area contributed by atoms with Crippen LogP contribution in [-0.2, 0) is 0 Å². The first kappa shape index (κ1) is 52.7. The molecule has 0 unspecified atom stereocenters. The summed E-state index contributed by atoms with van der Waals surface area (Å²) >= 11 is 0. The highest BCUT2D eigenvalue weighted by atomic mass is 28.3. The van der Waals surface area contributed by atoms with Crippen molar-refractivity contribution >= 4 is 138 Å². The van der Waals surface area contributed by atoms with E-state index < -0.39 is 8.07 Å². The first-order valence-electron chi connectivity index (χ1n) is 32.4. The molecule has 8 heterocycles. The Morgan fingerprint density at radius 3 is 0.812 bits per heavy atom. The van der Waals surface area contributed by atoms with E-state index in [1.54, 1.807) is 0 Å². The van der Waals surface area contributed by atoms with E-state index >= 15 is 0 Å². The molecule has 12 heteroatoms. The van der Waals surface area contributed by atoms with E-state index in [1.807, 2.05) is 0 Å². The molecule has 20 aromatic rings. The van der Waals surface area contributed by atoms with E-state index in [1.165, 1.54) is 42.6 Å². The van der Waals surface area contributed by atoms with Gasteiger partial charge in [-0.15, -0.1) is 0 Å². The molecule has 0 saturated heterocycles. The zero-order valence-electron chi connectivity index (χ0n) is 51.4. The van der Waals surface area contributed by atoms with Gasteiger partial charge in [-0.25, -0.2) is 0 Å². The summed E-state index contributed by atoms with van der Waals surface area (Å²) in [5.74, 6) is 3.19. The first-order chi connectivity index (χ1) is 47.6. The van der Waals surface area contributed by atoms with Crippen molar-refractivity contribution in [2.45, 2.75) is 0 Å². The number of aromatic nitrogens is 11. The van der Waals surface area contributed by atoms with Crippen molar-refractivity contribution in [1.82, 2.24) is 52.7 Å². The maximum Gasteiger partial charge on any atom is 0.240 e. The Morgan fingerprint density at radius 1 is 0.208 bits per heavy atom. The highest BCUT2D eigenvalue weighted by Crippen LogP contribution is 2.40. The van der Waals surface area contributed by atoms with Crippen molar-refractivity contribution in [1.29, 1.82) is 0 Å². The number of rotatable bonds is 8. The summed E-state index contributed by atoms with van der Waals surface area (Å²) in [6.45, 7) is 0. The van der Waals surface area contributed by atoms with Crippen LogP contribution in [0.5, 0.6) is 0 Å². The zero-order valence-corrected chi connectivity index (χ0v) is 52.4. The van der Waals surface area contributed by atoms with E-state index in [0.717, 1.165) is 104 Å². The van der Waals surface area contributed by atoms with Crippen LogP contribution in [0.15, 0.2) is 309 Å². The van der Waals surface area contributed by atoms with Crippen molar-refractivity contribution in [2.75, 3.05) is 0 Å². The van der Waals surface area contributed by atoms with Gasteiger partial charge in [-0.2, -0.15) is 29.9 Å². The van der Waals surface area contributed by atoms with Crippen LogP contribution in [0.25, 0.3) is 161 Å². The lowest BCUT2D eigenvalue weighted by Gasteiger charge is -2.40. The summed E-state index contributed by atoms with van der Waals surface area (Å²) in [6.07, 6.45) is 0. The van der Waals surface area contributed by atoms with Gasteiger partial charge in [0, 0.05) is 70.7 Å². The summed E-state index contributed by atoms with van der Waals surface area (Å²) in [5.41, 5.74) is 13.3. The molecule has 446 valence electrons. The molecule has 11 nitrogen and oxygen atoms in total. The van der Waals surface area contributed by atoms with Gasteiger partial charge in [-0.1, -0.05) is 249 Å². The van der Waals surface area contributed by atoms with Crippen LogP contribution in [0.1, 0.15) is 0 Å². The van der Waals surface area contributed by atoms with Crippen LogP contribution < -0.4 is 20.7 Å². The Bertz CT molecular complexity index is 5910. The largest absolute Gasteiger partial charge is 0.309 e. The second-order valence-corrected chi connectivity index (χ2v) is 28.7. The minimum Gasteiger partial charge on any atom is -0.309 e. The Kier molecular flexibility index (Phi) is 11.0. The molecule has 0 atom stereocenters. The van der Waals surface area contributed by atoms with Gasteiger partial charge in [0.1, 0.15) is 0 Å². The lowest BCUT2D eigenvalue weighted by molar-refractivity contribution is 0.892. The van der Waals surface area contributed by atoms with E-state index in [9.17, 15) is 0 Å². The first-order valence-corrected chi connectivity index (χ1v) is 34.4. The Morgan fingerprint density at radius 2 is 0.469 bits per heavy atom. The van der Waals surface area contributed by atoms with Crippen LogP contribution in [-0.4, -0.2) is 60.8 Å². The Labute approximate surface area is 549 Å². The number of hydrogen-bond donors (Lipinski definition) is 0. The van der Waals surface area contributed by atoms with Crippen molar-refractivity contribution in [3.63, 3.8) is 0 Å². The molecule has 1 aliphatic heterocycles. The van der Waals surface area contributed by atoms with E-state index in [0.29, 0.717) is 35.4 Å². The number of benzene rings is 13. The van der Waals surface area contributed by atoms with Gasteiger partial charge in [0.05, 0.1) is 55.2 Å². The molecule has 0 saturated carbocycles. The Hall–Kier alpha value is -12.9. The quantitative estimate of drug-likeness (QED) is 0.140. The van der Waals surface area contributed by atoms with Crippen molar-refractivity contribution < 1.29 is 0 Å². The molecule has 96 heavy (non-hydrogen) atoms. The molecule has 13 aromatic carbocycles. The molecule has 1 aliphatic rings. The zero-order chi connectivity index (χ0) is 62.7. The minimum atomic E-state index is -3.54. The fourth-order valence-corrected chi connectivity index (χ4v) is 21.4. The highest BCUT2D eigenvalue weighted by molar-refractivity contribution is 7.21. The van der Waals surface area contributed by atoms with Gasteiger partial charge in [0.2, 0.25) is 23.8 Å². The third kappa shape index (κ3) is 7.29. The molecule has 0 fully saturated rings. The predicted octanol–water partition coefficient (Wildman–Crippen LogP) is 16.6. The topological polar surface area (TPSA) is 102 Å². The monoisotopic (exact) mass is 1240 g/mol. The molecule has 0 aliphatic carbocycles. The molecular formula is C84H51N11Si. The van der Waals surface area contributed by atoms with Crippen molar-refractivity contribution in [3.8, 4) is 52.3 Å². The molecule has 0 N–H and O–H groups in total. The maximum atomic E-state index is 5.65. The van der Waals surface area contributed by atoms with Crippen LogP contribution in [0.3, 0.4) is 0 Å². The number of nitrogens with zero attached hydrogens (tertiary/aromatic N) is 11. The standard InChI is InChI=1S/C84H51N11Si/c1-11-39-67-56(28-1)57-29-2-12-40-68(57)92(67)81-85-79(86-82(89-81)93-69-41-13-3-30-58(69)59-31-4-14-42-70(59)93)52-24-21-26-54(50-52)96(76-48-20-19-47-75(76)91-66-38-10-9-36-64(66)65-37-23-49-77(96)78(65)91)55-27-22-25-53(51-55)80-87-83(94-71-43-15-5-32-60(71)61-33-6-16-44-72(61)94)90-84(88-80)95-73-45-17-7-34-62(73)63-35-8-18-46-74(63)95/h1-51H.